The first kappa shape index (κ1) is 19.0. The van der Waals surface area contributed by atoms with Crippen LogP contribution in [0.2, 0.25) is 0 Å². The molecule has 170 valence electrons. The largest absolute Gasteiger partial charge is 0.369 e. The van der Waals surface area contributed by atoms with Crippen LogP contribution >= 0.6 is 0 Å². The van der Waals surface area contributed by atoms with Crippen LogP contribution in [-0.2, 0) is 10.5 Å². The van der Waals surface area contributed by atoms with E-state index < -0.39 is 12.0 Å². The van der Waals surface area contributed by atoms with E-state index in [0.29, 0.717) is 11.1 Å². The lowest BCUT2D eigenvalue weighted by Gasteiger charge is -2.43. The van der Waals surface area contributed by atoms with Crippen LogP contribution in [0.5, 0.6) is 0 Å². The van der Waals surface area contributed by atoms with E-state index in [4.69, 9.17) is 4.74 Å². The summed E-state index contributed by atoms with van der Waals surface area (Å²) in [6.07, 6.45) is 0.410. The zero-order valence-electron chi connectivity index (χ0n) is 18.9. The van der Waals surface area contributed by atoms with Crippen molar-refractivity contribution < 1.29 is 14.6 Å². The fourth-order valence-corrected chi connectivity index (χ4v) is 7.01. The van der Waals surface area contributed by atoms with Gasteiger partial charge in [0.05, 0.1) is 27.6 Å². The van der Waals surface area contributed by atoms with Gasteiger partial charge < -0.3 is 29.6 Å². The van der Waals surface area contributed by atoms with Gasteiger partial charge in [0, 0.05) is 46.0 Å². The Labute approximate surface area is 194 Å². The minimum atomic E-state index is -1.05. The molecular weight excluding hydrogens is 428 g/mol. The molecule has 3 N–H and O–H groups in total. The number of rotatable bonds is 1. The van der Waals surface area contributed by atoms with Crippen molar-refractivity contribution in [1.82, 2.24) is 19.8 Å². The van der Waals surface area contributed by atoms with Gasteiger partial charge in [-0.15, -0.1) is 0 Å². The topological polar surface area (TPSA) is 80.5 Å². The quantitative estimate of drug-likeness (QED) is 0.356. The van der Waals surface area contributed by atoms with E-state index in [9.17, 15) is 9.90 Å². The standard InChI is InChI=1S/C27H24N4O3/c1-27-12-13(28-2)11-18(34-27)30-16-9-5-3-7-14(16)19-21-22(26(33)29-25(21)32)20-15-8-4-6-10-17(15)31(27)24(20)23(19)30/h3-10,13,18,26,28,33H,11-12H2,1-2H3,(H,29,32)/t13-,18-,26-,27+/m1/s1. The van der Waals surface area contributed by atoms with Crippen LogP contribution in [0.1, 0.15) is 48.1 Å². The van der Waals surface area contributed by atoms with Crippen molar-refractivity contribution in [1.29, 1.82) is 0 Å². The van der Waals surface area contributed by atoms with Crippen LogP contribution in [0.15, 0.2) is 48.5 Å². The van der Waals surface area contributed by atoms with Crippen LogP contribution < -0.4 is 10.6 Å². The Kier molecular flexibility index (Phi) is 3.34. The number of ether oxygens (including phenoxy) is 1. The second kappa shape index (κ2) is 5.99. The highest BCUT2D eigenvalue weighted by Gasteiger charge is 2.47. The van der Waals surface area contributed by atoms with Gasteiger partial charge >= 0.3 is 0 Å². The third-order valence-corrected chi connectivity index (χ3v) is 8.24. The van der Waals surface area contributed by atoms with Crippen LogP contribution in [0.25, 0.3) is 43.6 Å². The molecule has 34 heavy (non-hydrogen) atoms. The average molecular weight is 453 g/mol. The summed E-state index contributed by atoms with van der Waals surface area (Å²) < 4.78 is 11.6. The SMILES string of the molecule is CN[C@@H]1C[C@H]2O[C@@](C)(C1)n1c3ccccc3c3c4c(c5c6ccccc6n2c5c31)C(=O)N[C@@H]4O. The molecule has 3 aliphatic rings. The molecule has 5 aromatic rings. The molecule has 2 aromatic heterocycles. The first-order valence-corrected chi connectivity index (χ1v) is 11.9. The number of carbonyl (C=O) groups excluding carboxylic acids is 1. The van der Waals surface area contributed by atoms with E-state index in [1.54, 1.807) is 0 Å². The van der Waals surface area contributed by atoms with Crippen molar-refractivity contribution in [3.8, 4) is 0 Å². The van der Waals surface area contributed by atoms with E-state index in [-0.39, 0.29) is 18.2 Å². The zero-order chi connectivity index (χ0) is 22.9. The van der Waals surface area contributed by atoms with E-state index in [0.717, 1.165) is 56.5 Å². The molecule has 7 nitrogen and oxygen atoms in total. The first-order chi connectivity index (χ1) is 16.5. The molecule has 3 aromatic carbocycles. The van der Waals surface area contributed by atoms with Crippen molar-refractivity contribution in [2.45, 2.75) is 44.0 Å². The number of carbonyl (C=O) groups is 1. The highest BCUT2D eigenvalue weighted by molar-refractivity contribution is 6.31. The van der Waals surface area contributed by atoms with Crippen molar-refractivity contribution in [3.63, 3.8) is 0 Å². The first-order valence-electron chi connectivity index (χ1n) is 11.9. The van der Waals surface area contributed by atoms with Crippen molar-refractivity contribution in [2.75, 3.05) is 7.05 Å². The van der Waals surface area contributed by atoms with Gasteiger partial charge in [0.25, 0.3) is 5.91 Å². The van der Waals surface area contributed by atoms with Gasteiger partial charge in [-0.3, -0.25) is 4.79 Å². The van der Waals surface area contributed by atoms with Crippen LogP contribution in [-0.4, -0.2) is 33.2 Å². The summed E-state index contributed by atoms with van der Waals surface area (Å²) in [5.41, 5.74) is 4.81. The summed E-state index contributed by atoms with van der Waals surface area (Å²) in [7, 11) is 2.01. The molecule has 5 heterocycles. The number of amides is 1. The van der Waals surface area contributed by atoms with Crippen molar-refractivity contribution in [2.24, 2.45) is 0 Å². The molecule has 1 fully saturated rings. The summed E-state index contributed by atoms with van der Waals surface area (Å²) in [6, 6.07) is 16.8. The number of nitrogens with one attached hydrogen (secondary N) is 2. The Hall–Kier alpha value is -3.39. The van der Waals surface area contributed by atoms with Gasteiger partial charge in [-0.1, -0.05) is 36.4 Å². The Bertz CT molecular complexity index is 1730. The Morgan fingerprint density at radius 2 is 1.76 bits per heavy atom. The summed E-state index contributed by atoms with van der Waals surface area (Å²) in [4.78, 5) is 13.3. The van der Waals surface area contributed by atoms with E-state index in [1.165, 1.54) is 0 Å². The minimum Gasteiger partial charge on any atom is -0.369 e. The maximum Gasteiger partial charge on any atom is 0.254 e. The van der Waals surface area contributed by atoms with Gasteiger partial charge in [0.1, 0.15) is 12.0 Å². The summed E-state index contributed by atoms with van der Waals surface area (Å²) in [5, 5.41) is 21.2. The highest BCUT2D eigenvalue weighted by Crippen LogP contribution is 2.53. The summed E-state index contributed by atoms with van der Waals surface area (Å²) in [5.74, 6) is -0.225. The zero-order valence-corrected chi connectivity index (χ0v) is 18.9. The van der Waals surface area contributed by atoms with Gasteiger partial charge in [0.15, 0.2) is 6.23 Å². The van der Waals surface area contributed by atoms with Gasteiger partial charge in [-0.2, -0.15) is 0 Å². The molecule has 0 unspecified atom stereocenters. The molecule has 0 spiro atoms. The molecule has 8 rings (SSSR count). The van der Waals surface area contributed by atoms with Gasteiger partial charge in [0.2, 0.25) is 0 Å². The predicted molar refractivity (Wildman–Crippen MR) is 131 cm³/mol. The fraction of sp³-hybridized carbons (Fsp3) is 0.296. The van der Waals surface area contributed by atoms with Crippen molar-refractivity contribution >= 4 is 49.5 Å². The van der Waals surface area contributed by atoms with Crippen LogP contribution in [0, 0.1) is 0 Å². The lowest BCUT2D eigenvalue weighted by atomic mass is 9.96. The Balaban J connectivity index is 1.75. The summed E-state index contributed by atoms with van der Waals surface area (Å²) in [6.45, 7) is 2.17. The van der Waals surface area contributed by atoms with Crippen LogP contribution in [0.3, 0.4) is 0 Å². The molecule has 1 amide bonds. The number of aromatic nitrogens is 2. The number of hydrogen-bond donors (Lipinski definition) is 3. The second-order valence-corrected chi connectivity index (χ2v) is 10.0. The third kappa shape index (κ3) is 1.99. The van der Waals surface area contributed by atoms with E-state index >= 15 is 0 Å². The third-order valence-electron chi connectivity index (χ3n) is 8.24. The molecule has 0 saturated carbocycles. The number of aliphatic hydroxyl groups is 1. The Morgan fingerprint density at radius 1 is 1.06 bits per heavy atom. The molecule has 0 aliphatic carbocycles. The molecule has 0 radical (unpaired) electrons. The molecule has 2 bridgehead atoms. The number of aliphatic hydroxyl groups excluding tert-OH is 1. The van der Waals surface area contributed by atoms with E-state index in [1.807, 2.05) is 31.3 Å². The molecule has 3 aliphatic heterocycles. The number of benzene rings is 3. The monoisotopic (exact) mass is 452 g/mol. The minimum absolute atomic E-state index is 0.187. The van der Waals surface area contributed by atoms with Crippen molar-refractivity contribution in [3.05, 3.63) is 59.7 Å². The van der Waals surface area contributed by atoms with E-state index in [2.05, 4.69) is 51.0 Å². The second-order valence-electron chi connectivity index (χ2n) is 10.0. The van der Waals surface area contributed by atoms with Gasteiger partial charge in [-0.05, 0) is 26.1 Å². The smallest absolute Gasteiger partial charge is 0.254 e. The van der Waals surface area contributed by atoms with Crippen LogP contribution in [0.4, 0.5) is 0 Å². The maximum absolute atomic E-state index is 13.3. The number of hydrogen-bond acceptors (Lipinski definition) is 4. The highest BCUT2D eigenvalue weighted by atomic mass is 16.5. The molecule has 4 atom stereocenters. The summed E-state index contributed by atoms with van der Waals surface area (Å²) >= 11 is 0. The number of nitrogens with zero attached hydrogens (tertiary/aromatic N) is 2. The molecule has 1 saturated heterocycles. The number of para-hydroxylation sites is 2. The predicted octanol–water partition coefficient (Wildman–Crippen LogP) is 4.22. The fourth-order valence-electron chi connectivity index (χ4n) is 7.01. The normalized spacial score (nSPS) is 27.7. The average Bonchev–Trinajstić information content (AvgIpc) is 3.44. The number of fused-ring (bicyclic) bond motifs is 13. The maximum atomic E-state index is 13.3. The Morgan fingerprint density at radius 3 is 2.53 bits per heavy atom. The molecule has 7 heteroatoms. The lowest BCUT2D eigenvalue weighted by molar-refractivity contribution is -0.194. The lowest BCUT2D eigenvalue weighted by Crippen LogP contribution is -2.47. The van der Waals surface area contributed by atoms with Gasteiger partial charge in [-0.25, -0.2) is 0 Å². The molecular formula is C27H24N4O3.